The first kappa shape index (κ1) is 26.4. The third-order valence-electron chi connectivity index (χ3n) is 5.91. The lowest BCUT2D eigenvalue weighted by atomic mass is 10.0. The lowest BCUT2D eigenvalue weighted by Crippen LogP contribution is -2.47. The molecular formula is C25H38IN5O. The molecule has 0 aliphatic carbocycles. The van der Waals surface area contributed by atoms with E-state index in [4.69, 9.17) is 0 Å². The summed E-state index contributed by atoms with van der Waals surface area (Å²) in [5.74, 6) is 0.850. The molecule has 0 radical (unpaired) electrons. The van der Waals surface area contributed by atoms with E-state index >= 15 is 0 Å². The van der Waals surface area contributed by atoms with Crippen molar-refractivity contribution in [2.24, 2.45) is 4.99 Å². The van der Waals surface area contributed by atoms with E-state index in [2.05, 4.69) is 68.7 Å². The molecule has 1 unspecified atom stereocenters. The third-order valence-corrected chi connectivity index (χ3v) is 5.91. The molecule has 2 aromatic rings. The molecule has 7 heteroatoms. The van der Waals surface area contributed by atoms with Gasteiger partial charge in [0.2, 0.25) is 0 Å². The van der Waals surface area contributed by atoms with E-state index in [1.807, 2.05) is 18.2 Å². The number of hydrogen-bond acceptors (Lipinski definition) is 4. The average molecular weight is 552 g/mol. The molecule has 32 heavy (non-hydrogen) atoms. The zero-order valence-electron chi connectivity index (χ0n) is 19.3. The second-order valence-corrected chi connectivity index (χ2v) is 8.19. The summed E-state index contributed by atoms with van der Waals surface area (Å²) in [5.41, 5.74) is 3.80. The van der Waals surface area contributed by atoms with Crippen LogP contribution in [0, 0.1) is 6.92 Å². The van der Waals surface area contributed by atoms with E-state index in [1.54, 1.807) is 7.05 Å². The molecule has 1 aliphatic heterocycles. The molecule has 1 fully saturated rings. The third kappa shape index (κ3) is 8.26. The first-order valence-corrected chi connectivity index (χ1v) is 11.3. The Morgan fingerprint density at radius 3 is 2.44 bits per heavy atom. The van der Waals surface area contributed by atoms with Crippen LogP contribution in [0.1, 0.15) is 23.5 Å². The van der Waals surface area contributed by atoms with Gasteiger partial charge in [-0.1, -0.05) is 42.5 Å². The molecule has 1 saturated heterocycles. The number of aliphatic hydroxyl groups excluding tert-OH is 1. The van der Waals surface area contributed by atoms with Crippen molar-refractivity contribution in [3.63, 3.8) is 0 Å². The Balaban J connectivity index is 0.00000363. The van der Waals surface area contributed by atoms with Gasteiger partial charge in [0.15, 0.2) is 5.96 Å². The fraction of sp³-hybridized carbons (Fsp3) is 0.480. The fourth-order valence-electron chi connectivity index (χ4n) is 4.02. The van der Waals surface area contributed by atoms with Gasteiger partial charge in [0.1, 0.15) is 0 Å². The molecule has 0 spiro atoms. The van der Waals surface area contributed by atoms with E-state index in [1.165, 1.54) is 11.3 Å². The molecule has 1 aliphatic rings. The van der Waals surface area contributed by atoms with Gasteiger partial charge in [-0.15, -0.1) is 24.0 Å². The van der Waals surface area contributed by atoms with Gasteiger partial charge in [-0.3, -0.25) is 9.89 Å². The van der Waals surface area contributed by atoms with Gasteiger partial charge in [-0.2, -0.15) is 0 Å². The molecule has 3 N–H and O–H groups in total. The minimum atomic E-state index is 0. The quantitative estimate of drug-likeness (QED) is 0.194. The fourth-order valence-corrected chi connectivity index (χ4v) is 4.02. The Labute approximate surface area is 210 Å². The first-order valence-electron chi connectivity index (χ1n) is 11.3. The summed E-state index contributed by atoms with van der Waals surface area (Å²) in [6.07, 6.45) is 1.08. The highest BCUT2D eigenvalue weighted by Crippen LogP contribution is 2.18. The summed E-state index contributed by atoms with van der Waals surface area (Å²) in [5, 5.41) is 16.5. The van der Waals surface area contributed by atoms with Crippen molar-refractivity contribution < 1.29 is 5.11 Å². The van der Waals surface area contributed by atoms with Crippen LogP contribution in [0.25, 0.3) is 0 Å². The number of aryl methyl sites for hydroxylation is 1. The average Bonchev–Trinajstić information content (AvgIpc) is 2.82. The predicted molar refractivity (Wildman–Crippen MR) is 145 cm³/mol. The number of guanidine groups is 1. The van der Waals surface area contributed by atoms with Crippen LogP contribution in [0.3, 0.4) is 0 Å². The number of nitrogens with one attached hydrogen (secondary N) is 2. The molecule has 0 amide bonds. The number of piperazine rings is 1. The van der Waals surface area contributed by atoms with Gasteiger partial charge in [0, 0.05) is 57.9 Å². The highest BCUT2D eigenvalue weighted by molar-refractivity contribution is 14.0. The zero-order chi connectivity index (χ0) is 21.9. The van der Waals surface area contributed by atoms with Crippen LogP contribution in [-0.4, -0.2) is 75.4 Å². The molecule has 0 bridgehead atoms. The first-order chi connectivity index (χ1) is 15.2. The van der Waals surface area contributed by atoms with E-state index in [9.17, 15) is 5.11 Å². The van der Waals surface area contributed by atoms with Crippen LogP contribution in [0.4, 0.5) is 5.69 Å². The molecular weight excluding hydrogens is 513 g/mol. The smallest absolute Gasteiger partial charge is 0.191 e. The normalized spacial score (nSPS) is 15.7. The van der Waals surface area contributed by atoms with Crippen molar-refractivity contribution in [3.05, 3.63) is 65.7 Å². The number of aliphatic imine (C=N–C) groups is 1. The molecule has 1 heterocycles. The minimum Gasteiger partial charge on any atom is -0.396 e. The Morgan fingerprint density at radius 2 is 1.78 bits per heavy atom. The van der Waals surface area contributed by atoms with E-state index in [-0.39, 0.29) is 36.5 Å². The maximum atomic E-state index is 9.72. The van der Waals surface area contributed by atoms with Gasteiger partial charge in [0.05, 0.1) is 6.61 Å². The lowest BCUT2D eigenvalue weighted by molar-refractivity contribution is 0.255. The largest absolute Gasteiger partial charge is 0.396 e. The highest BCUT2D eigenvalue weighted by atomic mass is 127. The van der Waals surface area contributed by atoms with Gasteiger partial charge in [-0.25, -0.2) is 0 Å². The van der Waals surface area contributed by atoms with Crippen LogP contribution in [0.5, 0.6) is 0 Å². The van der Waals surface area contributed by atoms with Crippen molar-refractivity contribution in [2.45, 2.75) is 19.3 Å². The summed E-state index contributed by atoms with van der Waals surface area (Å²) in [4.78, 5) is 9.34. The van der Waals surface area contributed by atoms with Crippen LogP contribution in [0.2, 0.25) is 0 Å². The van der Waals surface area contributed by atoms with Crippen LogP contribution in [-0.2, 0) is 0 Å². The van der Waals surface area contributed by atoms with E-state index < -0.39 is 0 Å². The summed E-state index contributed by atoms with van der Waals surface area (Å²) >= 11 is 0. The monoisotopic (exact) mass is 551 g/mol. The van der Waals surface area contributed by atoms with Gasteiger partial charge in [0.25, 0.3) is 0 Å². The second kappa shape index (κ2) is 14.3. The van der Waals surface area contributed by atoms with Crippen LogP contribution < -0.4 is 15.5 Å². The standard InChI is InChI=1S/C25H37N5O.HI/c1-21-8-6-11-24(18-21)30-16-14-29(15-17-30)13-7-12-27-25(26-2)28-19-23(20-31)22-9-4-3-5-10-22;/h3-6,8-11,18,23,31H,7,12-17,19-20H2,1-2H3,(H2,26,27,28);1H. The summed E-state index contributed by atoms with van der Waals surface area (Å²) in [7, 11) is 1.79. The summed E-state index contributed by atoms with van der Waals surface area (Å²) < 4.78 is 0. The van der Waals surface area contributed by atoms with Crippen molar-refractivity contribution >= 4 is 35.6 Å². The number of hydrogen-bond donors (Lipinski definition) is 3. The number of benzene rings is 2. The number of rotatable bonds is 9. The van der Waals surface area contributed by atoms with Gasteiger partial charge >= 0.3 is 0 Å². The zero-order valence-corrected chi connectivity index (χ0v) is 21.7. The van der Waals surface area contributed by atoms with Gasteiger partial charge in [-0.05, 0) is 43.1 Å². The topological polar surface area (TPSA) is 63.1 Å². The summed E-state index contributed by atoms with van der Waals surface area (Å²) in [6.45, 7) is 9.28. The molecule has 0 saturated carbocycles. The van der Waals surface area contributed by atoms with Crippen molar-refractivity contribution in [1.29, 1.82) is 0 Å². The minimum absolute atomic E-state index is 0. The molecule has 6 nitrogen and oxygen atoms in total. The van der Waals surface area contributed by atoms with E-state index in [0.29, 0.717) is 6.54 Å². The van der Waals surface area contributed by atoms with Crippen molar-refractivity contribution in [2.75, 3.05) is 64.4 Å². The SMILES string of the molecule is CN=C(NCCCN1CCN(c2cccc(C)c2)CC1)NCC(CO)c1ccccc1.I. The number of halogens is 1. The predicted octanol–water partition coefficient (Wildman–Crippen LogP) is 3.07. The van der Waals surface area contributed by atoms with Crippen LogP contribution >= 0.6 is 24.0 Å². The molecule has 2 aromatic carbocycles. The Morgan fingerprint density at radius 1 is 1.03 bits per heavy atom. The highest BCUT2D eigenvalue weighted by Gasteiger charge is 2.17. The number of nitrogens with zero attached hydrogens (tertiary/aromatic N) is 3. The second-order valence-electron chi connectivity index (χ2n) is 8.19. The molecule has 176 valence electrons. The maximum absolute atomic E-state index is 9.72. The Kier molecular flexibility index (Phi) is 11.8. The Hall–Kier alpha value is -1.84. The Bertz CT molecular complexity index is 809. The van der Waals surface area contributed by atoms with Gasteiger partial charge < -0.3 is 20.6 Å². The molecule has 1 atom stereocenters. The molecule has 0 aromatic heterocycles. The summed E-state index contributed by atoms with van der Waals surface area (Å²) in [6, 6.07) is 18.9. The van der Waals surface area contributed by atoms with Crippen molar-refractivity contribution in [1.82, 2.24) is 15.5 Å². The number of anilines is 1. The van der Waals surface area contributed by atoms with E-state index in [0.717, 1.165) is 57.2 Å². The number of aliphatic hydroxyl groups is 1. The molecule has 3 rings (SSSR count). The van der Waals surface area contributed by atoms with Crippen molar-refractivity contribution in [3.8, 4) is 0 Å². The lowest BCUT2D eigenvalue weighted by Gasteiger charge is -2.36. The maximum Gasteiger partial charge on any atom is 0.191 e. The van der Waals surface area contributed by atoms with Crippen LogP contribution in [0.15, 0.2) is 59.6 Å².